The van der Waals surface area contributed by atoms with Gasteiger partial charge < -0.3 is 0 Å². The molecule has 0 amide bonds. The Labute approximate surface area is 117 Å². The number of aromatic nitrogens is 2. The van der Waals surface area contributed by atoms with Crippen LogP contribution in [0.4, 0.5) is 0 Å². The second kappa shape index (κ2) is 5.06. The van der Waals surface area contributed by atoms with E-state index in [1.165, 1.54) is 5.56 Å². The van der Waals surface area contributed by atoms with E-state index in [0.29, 0.717) is 5.02 Å². The van der Waals surface area contributed by atoms with E-state index in [4.69, 9.17) is 11.6 Å². The Morgan fingerprint density at radius 3 is 2.68 bits per heavy atom. The number of hydrogen-bond donors (Lipinski definition) is 0. The minimum Gasteiger partial charge on any atom is -0.264 e. The van der Waals surface area contributed by atoms with Gasteiger partial charge in [-0.15, -0.1) is 0 Å². The zero-order valence-corrected chi connectivity index (χ0v) is 11.2. The molecule has 1 aromatic heterocycles. The van der Waals surface area contributed by atoms with Crippen LogP contribution in [0.2, 0.25) is 5.02 Å². The Balaban J connectivity index is 2.07. The van der Waals surface area contributed by atoms with Gasteiger partial charge in [0.05, 0.1) is 11.6 Å². The number of benzene rings is 2. The molecule has 3 rings (SSSR count). The summed E-state index contributed by atoms with van der Waals surface area (Å²) in [4.78, 5) is 0. The molecule has 19 heavy (non-hydrogen) atoms. The lowest BCUT2D eigenvalue weighted by Crippen LogP contribution is -2.10. The van der Waals surface area contributed by atoms with Crippen molar-refractivity contribution in [3.8, 4) is 0 Å². The third kappa shape index (κ3) is 2.36. The number of hydrogen-bond acceptors (Lipinski definition) is 1. The third-order valence-corrected chi connectivity index (χ3v) is 3.50. The predicted octanol–water partition coefficient (Wildman–Crippen LogP) is 4.50. The van der Waals surface area contributed by atoms with Crippen molar-refractivity contribution in [1.29, 1.82) is 0 Å². The molecular weight excluding hydrogens is 256 g/mol. The Morgan fingerprint density at radius 2 is 1.95 bits per heavy atom. The first-order valence-corrected chi connectivity index (χ1v) is 6.64. The molecule has 0 saturated heterocycles. The molecule has 95 valence electrons. The molecule has 1 heterocycles. The van der Waals surface area contributed by atoms with E-state index in [9.17, 15) is 0 Å². The number of rotatable bonds is 3. The molecule has 2 aromatic carbocycles. The molecular formula is C16H14ClN2. The standard InChI is InChI=1S/C16H14ClN2/c1-2-16(12-6-4-3-5-7-12)19-11-13-8-9-14(17)10-15(13)18-19/h3-11,16H,1-2H2. The van der Waals surface area contributed by atoms with E-state index in [1.54, 1.807) is 0 Å². The highest BCUT2D eigenvalue weighted by Crippen LogP contribution is 2.24. The zero-order chi connectivity index (χ0) is 13.2. The minimum absolute atomic E-state index is 0.160. The lowest BCUT2D eigenvalue weighted by atomic mass is 10.1. The molecule has 0 aliphatic rings. The molecule has 3 heteroatoms. The molecule has 3 aromatic rings. The van der Waals surface area contributed by atoms with Gasteiger partial charge in [-0.25, -0.2) is 0 Å². The van der Waals surface area contributed by atoms with Crippen LogP contribution in [0.15, 0.2) is 54.7 Å². The largest absolute Gasteiger partial charge is 0.264 e. The Morgan fingerprint density at radius 1 is 1.16 bits per heavy atom. The van der Waals surface area contributed by atoms with Crippen molar-refractivity contribution in [1.82, 2.24) is 9.78 Å². The van der Waals surface area contributed by atoms with Gasteiger partial charge in [0.25, 0.3) is 0 Å². The van der Waals surface area contributed by atoms with Crippen molar-refractivity contribution in [3.05, 3.63) is 72.2 Å². The van der Waals surface area contributed by atoms with Gasteiger partial charge >= 0.3 is 0 Å². The van der Waals surface area contributed by atoms with Crippen LogP contribution < -0.4 is 0 Å². The second-order valence-electron chi connectivity index (χ2n) is 4.53. The summed E-state index contributed by atoms with van der Waals surface area (Å²) < 4.78 is 1.98. The van der Waals surface area contributed by atoms with E-state index < -0.39 is 0 Å². The molecule has 0 N–H and O–H groups in total. The predicted molar refractivity (Wildman–Crippen MR) is 79.3 cm³/mol. The lowest BCUT2D eigenvalue weighted by molar-refractivity contribution is 0.532. The smallest absolute Gasteiger partial charge is 0.0938 e. The van der Waals surface area contributed by atoms with Crippen LogP contribution in [-0.2, 0) is 0 Å². The monoisotopic (exact) mass is 269 g/mol. The highest BCUT2D eigenvalue weighted by atomic mass is 35.5. The maximum absolute atomic E-state index is 6.00. The highest BCUT2D eigenvalue weighted by Gasteiger charge is 2.13. The van der Waals surface area contributed by atoms with Crippen molar-refractivity contribution >= 4 is 22.5 Å². The molecule has 0 saturated carbocycles. The van der Waals surface area contributed by atoms with Gasteiger partial charge in [-0.3, -0.25) is 4.68 Å². The van der Waals surface area contributed by atoms with E-state index in [-0.39, 0.29) is 6.04 Å². The number of fused-ring (bicyclic) bond motifs is 1. The summed E-state index contributed by atoms with van der Waals surface area (Å²) in [6, 6.07) is 16.2. The summed E-state index contributed by atoms with van der Waals surface area (Å²) in [5, 5.41) is 6.42. The summed E-state index contributed by atoms with van der Waals surface area (Å²) in [5.41, 5.74) is 2.14. The van der Waals surface area contributed by atoms with Crippen LogP contribution in [0.25, 0.3) is 10.9 Å². The minimum atomic E-state index is 0.160. The molecule has 0 fully saturated rings. The summed E-state index contributed by atoms with van der Waals surface area (Å²) in [7, 11) is 0. The molecule has 1 unspecified atom stereocenters. The van der Waals surface area contributed by atoms with Gasteiger partial charge in [-0.05, 0) is 30.2 Å². The van der Waals surface area contributed by atoms with Crippen molar-refractivity contribution in [2.75, 3.05) is 0 Å². The normalized spacial score (nSPS) is 12.7. The van der Waals surface area contributed by atoms with E-state index >= 15 is 0 Å². The van der Waals surface area contributed by atoms with Crippen molar-refractivity contribution in [2.45, 2.75) is 12.5 Å². The van der Waals surface area contributed by atoms with E-state index in [1.807, 2.05) is 41.1 Å². The Hall–Kier alpha value is -1.80. The van der Waals surface area contributed by atoms with Crippen molar-refractivity contribution in [2.24, 2.45) is 0 Å². The topological polar surface area (TPSA) is 17.8 Å². The third-order valence-electron chi connectivity index (χ3n) is 3.26. The summed E-state index contributed by atoms with van der Waals surface area (Å²) in [6.07, 6.45) is 2.81. The molecule has 1 atom stereocenters. The van der Waals surface area contributed by atoms with E-state index in [0.717, 1.165) is 17.3 Å². The van der Waals surface area contributed by atoms with Gasteiger partial charge in [-0.1, -0.05) is 48.9 Å². The first-order valence-electron chi connectivity index (χ1n) is 6.26. The van der Waals surface area contributed by atoms with Crippen LogP contribution in [0.5, 0.6) is 0 Å². The zero-order valence-electron chi connectivity index (χ0n) is 10.5. The van der Waals surface area contributed by atoms with Crippen LogP contribution >= 0.6 is 11.6 Å². The summed E-state index contributed by atoms with van der Waals surface area (Å²) >= 11 is 6.00. The Kier molecular flexibility index (Phi) is 3.26. The highest BCUT2D eigenvalue weighted by molar-refractivity contribution is 6.31. The molecule has 1 radical (unpaired) electrons. The Bertz CT molecular complexity index is 688. The number of halogens is 1. The van der Waals surface area contributed by atoms with Crippen LogP contribution in [-0.4, -0.2) is 9.78 Å². The average Bonchev–Trinajstić information content (AvgIpc) is 2.83. The van der Waals surface area contributed by atoms with Crippen LogP contribution in [0.3, 0.4) is 0 Å². The van der Waals surface area contributed by atoms with Gasteiger partial charge in [0.1, 0.15) is 0 Å². The summed E-state index contributed by atoms with van der Waals surface area (Å²) in [5.74, 6) is 0. The molecule has 0 bridgehead atoms. The first-order chi connectivity index (χ1) is 9.28. The van der Waals surface area contributed by atoms with Gasteiger partial charge in [-0.2, -0.15) is 5.10 Å². The van der Waals surface area contributed by atoms with Crippen LogP contribution in [0, 0.1) is 6.92 Å². The maximum atomic E-state index is 6.00. The van der Waals surface area contributed by atoms with E-state index in [2.05, 4.69) is 30.4 Å². The van der Waals surface area contributed by atoms with Gasteiger partial charge in [0, 0.05) is 16.6 Å². The van der Waals surface area contributed by atoms with Crippen LogP contribution in [0.1, 0.15) is 18.0 Å². The van der Waals surface area contributed by atoms with Crippen molar-refractivity contribution < 1.29 is 0 Å². The SMILES string of the molecule is [CH2]CC(c1ccccc1)n1cc2ccc(Cl)cc2n1. The molecule has 0 aliphatic carbocycles. The molecule has 2 nitrogen and oxygen atoms in total. The quantitative estimate of drug-likeness (QED) is 0.684. The van der Waals surface area contributed by atoms with Crippen molar-refractivity contribution in [3.63, 3.8) is 0 Å². The fraction of sp³-hybridized carbons (Fsp3) is 0.125. The van der Waals surface area contributed by atoms with Gasteiger partial charge in [0.15, 0.2) is 0 Å². The average molecular weight is 270 g/mol. The summed E-state index contributed by atoms with van der Waals surface area (Å²) in [6.45, 7) is 4.04. The van der Waals surface area contributed by atoms with Gasteiger partial charge in [0.2, 0.25) is 0 Å². The number of nitrogens with zero attached hydrogens (tertiary/aromatic N) is 2. The fourth-order valence-electron chi connectivity index (χ4n) is 2.29. The maximum Gasteiger partial charge on any atom is 0.0938 e. The molecule has 0 aliphatic heterocycles. The lowest BCUT2D eigenvalue weighted by Gasteiger charge is -2.15. The fourth-order valence-corrected chi connectivity index (χ4v) is 2.46. The second-order valence-corrected chi connectivity index (χ2v) is 4.96. The first kappa shape index (κ1) is 12.2. The molecule has 0 spiro atoms.